The standard InChI is InChI=1S/C13H8Br2ClF2N/c14-8-1-2-10(16)7(3-8)6-19-13-4-9(15)11(17)5-12(13)18/h1-5,19H,6H2. The summed E-state index contributed by atoms with van der Waals surface area (Å²) in [5.74, 6) is -1.28. The van der Waals surface area contributed by atoms with Crippen LogP contribution in [0.5, 0.6) is 0 Å². The molecule has 0 saturated heterocycles. The topological polar surface area (TPSA) is 12.0 Å². The first-order valence-corrected chi connectivity index (χ1v) is 7.26. The van der Waals surface area contributed by atoms with Crippen LogP contribution in [0.25, 0.3) is 0 Å². The maximum atomic E-state index is 13.5. The molecule has 1 nitrogen and oxygen atoms in total. The van der Waals surface area contributed by atoms with Crippen molar-refractivity contribution in [3.63, 3.8) is 0 Å². The van der Waals surface area contributed by atoms with Crippen LogP contribution in [0, 0.1) is 11.6 Å². The molecule has 0 aromatic heterocycles. The quantitative estimate of drug-likeness (QED) is 0.634. The summed E-state index contributed by atoms with van der Waals surface area (Å²) in [5, 5.41) is 3.47. The van der Waals surface area contributed by atoms with Crippen LogP contribution in [0.15, 0.2) is 39.3 Å². The first-order valence-electron chi connectivity index (χ1n) is 5.29. The van der Waals surface area contributed by atoms with Gasteiger partial charge in [-0.2, -0.15) is 0 Å². The molecule has 0 radical (unpaired) electrons. The van der Waals surface area contributed by atoms with Crippen molar-refractivity contribution in [2.24, 2.45) is 0 Å². The van der Waals surface area contributed by atoms with E-state index in [0.717, 1.165) is 16.1 Å². The van der Waals surface area contributed by atoms with E-state index in [4.69, 9.17) is 11.6 Å². The van der Waals surface area contributed by atoms with E-state index >= 15 is 0 Å². The Morgan fingerprint density at radius 2 is 1.79 bits per heavy atom. The van der Waals surface area contributed by atoms with Crippen LogP contribution >= 0.6 is 43.5 Å². The number of rotatable bonds is 3. The van der Waals surface area contributed by atoms with Crippen molar-refractivity contribution in [2.45, 2.75) is 6.54 Å². The Kier molecular flexibility index (Phi) is 4.81. The summed E-state index contributed by atoms with van der Waals surface area (Å²) >= 11 is 12.4. The highest BCUT2D eigenvalue weighted by atomic mass is 79.9. The molecule has 0 aliphatic heterocycles. The van der Waals surface area contributed by atoms with Gasteiger partial charge >= 0.3 is 0 Å². The Balaban J connectivity index is 2.19. The molecule has 100 valence electrons. The van der Waals surface area contributed by atoms with Gasteiger partial charge in [-0.25, -0.2) is 8.78 Å². The molecule has 2 aromatic carbocycles. The van der Waals surface area contributed by atoms with E-state index in [0.29, 0.717) is 11.6 Å². The fourth-order valence-corrected chi connectivity index (χ4v) is 2.46. The number of hydrogen-bond donors (Lipinski definition) is 1. The minimum atomic E-state index is -0.646. The zero-order chi connectivity index (χ0) is 14.0. The average molecular weight is 411 g/mol. The minimum Gasteiger partial charge on any atom is -0.379 e. The molecule has 6 heteroatoms. The molecule has 0 heterocycles. The van der Waals surface area contributed by atoms with Gasteiger partial charge in [0.2, 0.25) is 0 Å². The van der Waals surface area contributed by atoms with E-state index in [1.807, 2.05) is 12.1 Å². The summed E-state index contributed by atoms with van der Waals surface area (Å²) in [4.78, 5) is 0. The second kappa shape index (κ2) is 6.20. The third-order valence-corrected chi connectivity index (χ3v) is 3.96. The molecule has 0 aliphatic carbocycles. The Morgan fingerprint density at radius 3 is 2.53 bits per heavy atom. The van der Waals surface area contributed by atoms with Gasteiger partial charge < -0.3 is 5.32 Å². The van der Waals surface area contributed by atoms with Gasteiger partial charge in [-0.1, -0.05) is 27.5 Å². The molecular weight excluding hydrogens is 403 g/mol. The average Bonchev–Trinajstić information content (AvgIpc) is 2.36. The summed E-state index contributed by atoms with van der Waals surface area (Å²) in [6.07, 6.45) is 0. The zero-order valence-electron chi connectivity index (χ0n) is 9.48. The molecule has 0 saturated carbocycles. The first kappa shape index (κ1) is 14.8. The highest BCUT2D eigenvalue weighted by molar-refractivity contribution is 9.10. The monoisotopic (exact) mass is 409 g/mol. The van der Waals surface area contributed by atoms with Gasteiger partial charge in [-0.3, -0.25) is 0 Å². The number of halogens is 5. The van der Waals surface area contributed by atoms with Crippen molar-refractivity contribution >= 4 is 49.1 Å². The van der Waals surface area contributed by atoms with Crippen molar-refractivity contribution in [2.75, 3.05) is 5.32 Å². The van der Waals surface area contributed by atoms with Crippen molar-refractivity contribution < 1.29 is 8.78 Å². The predicted molar refractivity (Wildman–Crippen MR) is 80.5 cm³/mol. The summed E-state index contributed by atoms with van der Waals surface area (Å²) in [6, 6.07) is 7.60. The van der Waals surface area contributed by atoms with E-state index in [1.165, 1.54) is 6.07 Å². The highest BCUT2D eigenvalue weighted by Crippen LogP contribution is 2.26. The van der Waals surface area contributed by atoms with E-state index in [9.17, 15) is 8.78 Å². The second-order valence-electron chi connectivity index (χ2n) is 3.84. The normalized spacial score (nSPS) is 10.6. The third-order valence-electron chi connectivity index (χ3n) is 2.49. The third kappa shape index (κ3) is 3.68. The van der Waals surface area contributed by atoms with Gasteiger partial charge in [-0.05, 0) is 45.8 Å². The van der Waals surface area contributed by atoms with Gasteiger partial charge in [0, 0.05) is 22.1 Å². The van der Waals surface area contributed by atoms with Gasteiger partial charge in [0.05, 0.1) is 10.2 Å². The van der Waals surface area contributed by atoms with Gasteiger partial charge in [0.25, 0.3) is 0 Å². The molecule has 0 unspecified atom stereocenters. The number of benzene rings is 2. The van der Waals surface area contributed by atoms with Crippen LogP contribution < -0.4 is 5.32 Å². The van der Waals surface area contributed by atoms with Gasteiger partial charge in [-0.15, -0.1) is 0 Å². The lowest BCUT2D eigenvalue weighted by Crippen LogP contribution is -2.03. The van der Waals surface area contributed by atoms with Crippen molar-refractivity contribution in [1.82, 2.24) is 0 Å². The second-order valence-corrected chi connectivity index (χ2v) is 6.01. The van der Waals surface area contributed by atoms with Crippen molar-refractivity contribution in [1.29, 1.82) is 0 Å². The lowest BCUT2D eigenvalue weighted by Gasteiger charge is -2.10. The highest BCUT2D eigenvalue weighted by Gasteiger charge is 2.09. The van der Waals surface area contributed by atoms with Crippen LogP contribution in [0.4, 0.5) is 14.5 Å². The SMILES string of the molecule is Fc1cc(F)c(NCc2cc(Br)ccc2Cl)cc1Br. The fraction of sp³-hybridized carbons (Fsp3) is 0.0769. The molecule has 0 bridgehead atoms. The molecule has 0 amide bonds. The van der Waals surface area contributed by atoms with Crippen LogP contribution in [-0.2, 0) is 6.54 Å². The molecule has 19 heavy (non-hydrogen) atoms. The van der Waals surface area contributed by atoms with E-state index in [-0.39, 0.29) is 10.2 Å². The van der Waals surface area contributed by atoms with E-state index in [2.05, 4.69) is 37.2 Å². The van der Waals surface area contributed by atoms with Crippen LogP contribution in [0.2, 0.25) is 5.02 Å². The molecule has 2 rings (SSSR count). The molecule has 0 fully saturated rings. The van der Waals surface area contributed by atoms with E-state index in [1.54, 1.807) is 6.07 Å². The van der Waals surface area contributed by atoms with Crippen LogP contribution in [0.3, 0.4) is 0 Å². The molecule has 0 atom stereocenters. The van der Waals surface area contributed by atoms with Crippen molar-refractivity contribution in [3.05, 3.63) is 61.5 Å². The number of hydrogen-bond acceptors (Lipinski definition) is 1. The Hall–Kier alpha value is -0.650. The molecule has 0 spiro atoms. The maximum absolute atomic E-state index is 13.5. The van der Waals surface area contributed by atoms with Crippen LogP contribution in [-0.4, -0.2) is 0 Å². The van der Waals surface area contributed by atoms with Gasteiger partial charge in [0.1, 0.15) is 11.6 Å². The maximum Gasteiger partial charge on any atom is 0.149 e. The van der Waals surface area contributed by atoms with E-state index < -0.39 is 11.6 Å². The number of anilines is 1. The molecule has 0 aliphatic rings. The van der Waals surface area contributed by atoms with Gasteiger partial charge in [0.15, 0.2) is 0 Å². The number of nitrogens with one attached hydrogen (secondary N) is 1. The smallest absolute Gasteiger partial charge is 0.149 e. The minimum absolute atomic E-state index is 0.205. The van der Waals surface area contributed by atoms with Crippen molar-refractivity contribution in [3.8, 4) is 0 Å². The van der Waals surface area contributed by atoms with Crippen LogP contribution in [0.1, 0.15) is 5.56 Å². The molecule has 1 N–H and O–H groups in total. The Bertz CT molecular complexity index is 620. The Morgan fingerprint density at radius 1 is 1.05 bits per heavy atom. The largest absolute Gasteiger partial charge is 0.379 e. The first-order chi connectivity index (χ1) is 8.97. The summed E-state index contributed by atoms with van der Waals surface area (Å²) in [7, 11) is 0. The fourth-order valence-electron chi connectivity index (χ4n) is 1.53. The lowest BCUT2D eigenvalue weighted by atomic mass is 10.2. The lowest BCUT2D eigenvalue weighted by molar-refractivity contribution is 0.580. The summed E-state index contributed by atoms with van der Waals surface area (Å²) in [6.45, 7) is 0.341. The predicted octanol–water partition coefficient (Wildman–Crippen LogP) is 5.76. The zero-order valence-corrected chi connectivity index (χ0v) is 13.4. The summed E-state index contributed by atoms with van der Waals surface area (Å²) < 4.78 is 27.7. The Labute approximate surface area is 131 Å². The molecule has 2 aromatic rings. The summed E-state index contributed by atoms with van der Waals surface area (Å²) in [5.41, 5.74) is 1.03. The molecular formula is C13H8Br2ClF2N.